The Morgan fingerprint density at radius 1 is 1.00 bits per heavy atom. The van der Waals surface area contributed by atoms with Crippen LogP contribution in [0.25, 0.3) is 0 Å². The fourth-order valence-corrected chi connectivity index (χ4v) is 2.35. The van der Waals surface area contributed by atoms with Gasteiger partial charge in [-0.25, -0.2) is 4.79 Å². The van der Waals surface area contributed by atoms with Gasteiger partial charge in [0.15, 0.2) is 6.61 Å². The van der Waals surface area contributed by atoms with E-state index in [2.05, 4.69) is 22.6 Å². The highest BCUT2D eigenvalue weighted by Gasteiger charge is 2.10. The first-order chi connectivity index (χ1) is 10.3. The van der Waals surface area contributed by atoms with Crippen molar-refractivity contribution in [3.8, 4) is 11.5 Å². The van der Waals surface area contributed by atoms with Gasteiger partial charge in [-0.1, -0.05) is 0 Å². The standard InChI is InChI=1S/C14H11IO6S/c15-10-1-3-12(4-2-10)21-14(16)9-20-11-5-7-13(8-6-11)22(17,18)19/h1-8H,9H2,(H,17,18,19). The molecule has 116 valence electrons. The first-order valence-electron chi connectivity index (χ1n) is 6.01. The van der Waals surface area contributed by atoms with Gasteiger partial charge >= 0.3 is 5.97 Å². The Balaban J connectivity index is 1.89. The number of benzene rings is 2. The van der Waals surface area contributed by atoms with Gasteiger partial charge in [-0.2, -0.15) is 8.42 Å². The smallest absolute Gasteiger partial charge is 0.349 e. The Morgan fingerprint density at radius 2 is 1.55 bits per heavy atom. The van der Waals surface area contributed by atoms with E-state index in [1.54, 1.807) is 24.3 Å². The van der Waals surface area contributed by atoms with Gasteiger partial charge in [0.2, 0.25) is 0 Å². The molecule has 0 atom stereocenters. The average molecular weight is 434 g/mol. The minimum Gasteiger partial charge on any atom is -0.482 e. The number of hydrogen-bond acceptors (Lipinski definition) is 5. The van der Waals surface area contributed by atoms with Crippen molar-refractivity contribution in [3.05, 3.63) is 52.1 Å². The molecule has 2 rings (SSSR count). The van der Waals surface area contributed by atoms with Gasteiger partial charge in [0.25, 0.3) is 10.1 Å². The van der Waals surface area contributed by atoms with Crippen molar-refractivity contribution < 1.29 is 27.2 Å². The largest absolute Gasteiger partial charge is 0.482 e. The third-order valence-electron chi connectivity index (χ3n) is 2.52. The van der Waals surface area contributed by atoms with E-state index in [9.17, 15) is 13.2 Å². The van der Waals surface area contributed by atoms with Crippen LogP contribution in [0.15, 0.2) is 53.4 Å². The van der Waals surface area contributed by atoms with Crippen molar-refractivity contribution in [2.45, 2.75) is 4.90 Å². The summed E-state index contributed by atoms with van der Waals surface area (Å²) in [7, 11) is -4.24. The van der Waals surface area contributed by atoms with Crippen molar-refractivity contribution in [2.24, 2.45) is 0 Å². The van der Waals surface area contributed by atoms with Crippen LogP contribution in [-0.4, -0.2) is 25.5 Å². The normalized spacial score (nSPS) is 11.0. The average Bonchev–Trinajstić information content (AvgIpc) is 2.47. The second kappa shape index (κ2) is 7.07. The van der Waals surface area contributed by atoms with E-state index in [1.165, 1.54) is 24.3 Å². The molecule has 2 aromatic rings. The zero-order valence-corrected chi connectivity index (χ0v) is 14.1. The van der Waals surface area contributed by atoms with Crippen molar-refractivity contribution in [1.29, 1.82) is 0 Å². The Hall–Kier alpha value is -1.65. The van der Waals surface area contributed by atoms with Gasteiger partial charge in [-0.05, 0) is 71.1 Å². The Morgan fingerprint density at radius 3 is 2.09 bits per heavy atom. The van der Waals surface area contributed by atoms with Crippen LogP contribution in [0.1, 0.15) is 0 Å². The molecule has 0 radical (unpaired) electrons. The maximum Gasteiger partial charge on any atom is 0.349 e. The summed E-state index contributed by atoms with van der Waals surface area (Å²) in [6.45, 7) is -0.322. The molecule has 0 fully saturated rings. The molecule has 0 aliphatic rings. The van der Waals surface area contributed by atoms with Crippen LogP contribution in [0.4, 0.5) is 0 Å². The molecule has 0 saturated heterocycles. The molecule has 0 saturated carbocycles. The first-order valence-corrected chi connectivity index (χ1v) is 8.53. The van der Waals surface area contributed by atoms with Gasteiger partial charge in [0.1, 0.15) is 11.5 Å². The zero-order valence-electron chi connectivity index (χ0n) is 11.1. The maximum absolute atomic E-state index is 11.6. The fourth-order valence-electron chi connectivity index (χ4n) is 1.51. The SMILES string of the molecule is O=C(COc1ccc(S(=O)(=O)O)cc1)Oc1ccc(I)cc1. The molecule has 8 heteroatoms. The van der Waals surface area contributed by atoms with Gasteiger partial charge in [-0.15, -0.1) is 0 Å². The lowest BCUT2D eigenvalue weighted by atomic mass is 10.3. The second-order valence-corrected chi connectivity index (χ2v) is 6.83. The lowest BCUT2D eigenvalue weighted by Gasteiger charge is -2.07. The molecule has 0 aromatic heterocycles. The first kappa shape index (κ1) is 16.7. The number of rotatable bonds is 5. The molecule has 0 spiro atoms. The van der Waals surface area contributed by atoms with E-state index in [0.29, 0.717) is 5.75 Å². The highest BCUT2D eigenvalue weighted by molar-refractivity contribution is 14.1. The van der Waals surface area contributed by atoms with E-state index in [1.807, 2.05) is 0 Å². The van der Waals surface area contributed by atoms with Crippen LogP contribution in [0, 0.1) is 3.57 Å². The summed E-state index contributed by atoms with van der Waals surface area (Å²) >= 11 is 2.14. The topological polar surface area (TPSA) is 89.9 Å². The molecule has 0 heterocycles. The predicted octanol–water partition coefficient (Wildman–Crippen LogP) is 2.52. The van der Waals surface area contributed by atoms with Crippen LogP contribution in [0.5, 0.6) is 11.5 Å². The van der Waals surface area contributed by atoms with Crippen molar-refractivity contribution in [2.75, 3.05) is 6.61 Å². The number of ether oxygens (including phenoxy) is 2. The molecule has 0 bridgehead atoms. The third kappa shape index (κ3) is 4.97. The number of hydrogen-bond donors (Lipinski definition) is 1. The van der Waals surface area contributed by atoms with Crippen LogP contribution in [0.2, 0.25) is 0 Å². The Kier molecular flexibility index (Phi) is 5.37. The summed E-state index contributed by atoms with van der Waals surface area (Å²) in [6, 6.07) is 12.0. The zero-order chi connectivity index (χ0) is 16.2. The van der Waals surface area contributed by atoms with Crippen molar-refractivity contribution >= 4 is 38.7 Å². The summed E-state index contributed by atoms with van der Waals surface area (Å²) in [5.41, 5.74) is 0. The van der Waals surface area contributed by atoms with Crippen LogP contribution < -0.4 is 9.47 Å². The highest BCUT2D eigenvalue weighted by atomic mass is 127. The molecule has 0 aliphatic carbocycles. The number of carbonyl (C=O) groups excluding carboxylic acids is 1. The molecule has 6 nitrogen and oxygen atoms in total. The number of halogens is 1. The molecule has 22 heavy (non-hydrogen) atoms. The van der Waals surface area contributed by atoms with Crippen molar-refractivity contribution in [1.82, 2.24) is 0 Å². The van der Waals surface area contributed by atoms with E-state index in [0.717, 1.165) is 3.57 Å². The minimum atomic E-state index is -4.24. The van der Waals surface area contributed by atoms with Gasteiger partial charge < -0.3 is 9.47 Å². The maximum atomic E-state index is 11.6. The van der Waals surface area contributed by atoms with E-state index < -0.39 is 16.1 Å². The van der Waals surface area contributed by atoms with E-state index >= 15 is 0 Å². The van der Waals surface area contributed by atoms with Crippen LogP contribution in [0.3, 0.4) is 0 Å². The fraction of sp³-hybridized carbons (Fsp3) is 0.0714. The molecular formula is C14H11IO6S. The Labute approximate surface area is 140 Å². The monoisotopic (exact) mass is 434 g/mol. The lowest BCUT2D eigenvalue weighted by Crippen LogP contribution is -2.17. The highest BCUT2D eigenvalue weighted by Crippen LogP contribution is 2.16. The van der Waals surface area contributed by atoms with Crippen molar-refractivity contribution in [3.63, 3.8) is 0 Å². The van der Waals surface area contributed by atoms with Gasteiger partial charge in [0.05, 0.1) is 4.90 Å². The van der Waals surface area contributed by atoms with E-state index in [4.69, 9.17) is 14.0 Å². The third-order valence-corrected chi connectivity index (χ3v) is 4.11. The minimum absolute atomic E-state index is 0.249. The molecule has 2 aromatic carbocycles. The second-order valence-electron chi connectivity index (χ2n) is 4.16. The van der Waals surface area contributed by atoms with Crippen LogP contribution in [-0.2, 0) is 14.9 Å². The summed E-state index contributed by atoms with van der Waals surface area (Å²) in [6.07, 6.45) is 0. The molecule has 0 aliphatic heterocycles. The summed E-state index contributed by atoms with van der Waals surface area (Å²) < 4.78 is 41.9. The summed E-state index contributed by atoms with van der Waals surface area (Å²) in [5, 5.41) is 0. The molecule has 0 amide bonds. The quantitative estimate of drug-likeness (QED) is 0.337. The predicted molar refractivity (Wildman–Crippen MR) is 86.5 cm³/mol. The lowest BCUT2D eigenvalue weighted by molar-refractivity contribution is -0.136. The number of esters is 1. The molecule has 1 N–H and O–H groups in total. The van der Waals surface area contributed by atoms with E-state index in [-0.39, 0.29) is 17.3 Å². The summed E-state index contributed by atoms with van der Waals surface area (Å²) in [5.74, 6) is 0.114. The summed E-state index contributed by atoms with van der Waals surface area (Å²) in [4.78, 5) is 11.4. The van der Waals surface area contributed by atoms with Gasteiger partial charge in [-0.3, -0.25) is 4.55 Å². The number of carbonyl (C=O) groups is 1. The molecular weight excluding hydrogens is 423 g/mol. The van der Waals surface area contributed by atoms with Gasteiger partial charge in [0, 0.05) is 3.57 Å². The molecule has 0 unspecified atom stereocenters. The van der Waals surface area contributed by atoms with Crippen LogP contribution >= 0.6 is 22.6 Å². The Bertz CT molecular complexity index is 753.